The summed E-state index contributed by atoms with van der Waals surface area (Å²) >= 11 is 11.2. The number of hydrogen-bond donors (Lipinski definition) is 1. The summed E-state index contributed by atoms with van der Waals surface area (Å²) in [6.07, 6.45) is 0. The Morgan fingerprint density at radius 1 is 1.33 bits per heavy atom. The lowest BCUT2D eigenvalue weighted by Gasteiger charge is -2.26. The number of carbonyl (C=O) groups is 1. The zero-order valence-electron chi connectivity index (χ0n) is 8.68. The average molecular weight is 246 g/mol. The summed E-state index contributed by atoms with van der Waals surface area (Å²) in [5, 5.41) is 3.51. The summed E-state index contributed by atoms with van der Waals surface area (Å²) in [6.45, 7) is 3.83. The van der Waals surface area contributed by atoms with E-state index in [4.69, 9.17) is 23.2 Å². The molecule has 0 saturated heterocycles. The van der Waals surface area contributed by atoms with E-state index in [0.29, 0.717) is 5.02 Å². The Bertz CT molecular complexity index is 346. The predicted octanol–water partition coefficient (Wildman–Crippen LogP) is 2.93. The first-order valence-electron chi connectivity index (χ1n) is 4.59. The Morgan fingerprint density at radius 3 is 2.33 bits per heavy atom. The van der Waals surface area contributed by atoms with Crippen LogP contribution >= 0.6 is 23.2 Å². The minimum atomic E-state index is -0.434. The van der Waals surface area contributed by atoms with E-state index < -0.39 is 5.54 Å². The van der Waals surface area contributed by atoms with Crippen LogP contribution in [-0.4, -0.2) is 11.8 Å². The van der Waals surface area contributed by atoms with Crippen molar-refractivity contribution >= 4 is 29.1 Å². The first-order valence-corrected chi connectivity index (χ1v) is 5.50. The normalized spacial score (nSPS) is 11.2. The molecule has 0 heterocycles. The fourth-order valence-corrected chi connectivity index (χ4v) is 1.51. The minimum Gasteiger partial charge on any atom is -0.346 e. The van der Waals surface area contributed by atoms with Crippen LogP contribution in [0.1, 0.15) is 19.4 Å². The van der Waals surface area contributed by atoms with Gasteiger partial charge in [-0.15, -0.1) is 11.6 Å². The van der Waals surface area contributed by atoms with Crippen LogP contribution in [0.25, 0.3) is 0 Å². The second kappa shape index (κ2) is 4.86. The van der Waals surface area contributed by atoms with Crippen LogP contribution in [0.4, 0.5) is 0 Å². The Labute approximate surface area is 99.6 Å². The maximum atomic E-state index is 11.2. The van der Waals surface area contributed by atoms with E-state index >= 15 is 0 Å². The van der Waals surface area contributed by atoms with Gasteiger partial charge in [0.2, 0.25) is 5.91 Å². The van der Waals surface area contributed by atoms with Crippen LogP contribution in [0, 0.1) is 0 Å². The maximum absolute atomic E-state index is 11.2. The Kier molecular flexibility index (Phi) is 4.00. The molecule has 1 N–H and O–H groups in total. The fourth-order valence-electron chi connectivity index (χ4n) is 1.32. The smallest absolute Gasteiger partial charge is 0.235 e. The Hall–Kier alpha value is -0.730. The lowest BCUT2D eigenvalue weighted by atomic mass is 9.94. The summed E-state index contributed by atoms with van der Waals surface area (Å²) < 4.78 is 0. The summed E-state index contributed by atoms with van der Waals surface area (Å²) in [4.78, 5) is 11.2. The molecule has 1 amide bonds. The van der Waals surface area contributed by atoms with E-state index in [9.17, 15) is 4.79 Å². The van der Waals surface area contributed by atoms with E-state index in [1.807, 2.05) is 26.0 Å². The van der Waals surface area contributed by atoms with Crippen LogP contribution in [0.3, 0.4) is 0 Å². The Balaban J connectivity index is 2.85. The standard InChI is InChI=1S/C11H13Cl2NO/c1-11(2,14-10(15)7-12)8-3-5-9(13)6-4-8/h3-6H,7H2,1-2H3,(H,14,15). The molecule has 0 unspecified atom stereocenters. The van der Waals surface area contributed by atoms with E-state index in [1.54, 1.807) is 12.1 Å². The van der Waals surface area contributed by atoms with Gasteiger partial charge in [-0.3, -0.25) is 4.79 Å². The van der Waals surface area contributed by atoms with Gasteiger partial charge < -0.3 is 5.32 Å². The SMILES string of the molecule is CC(C)(NC(=O)CCl)c1ccc(Cl)cc1. The molecule has 1 aromatic carbocycles. The van der Waals surface area contributed by atoms with Gasteiger partial charge in [-0.25, -0.2) is 0 Å². The molecular formula is C11H13Cl2NO. The quantitative estimate of drug-likeness (QED) is 0.816. The van der Waals surface area contributed by atoms with Crippen molar-refractivity contribution in [2.24, 2.45) is 0 Å². The van der Waals surface area contributed by atoms with Crippen molar-refractivity contribution in [1.82, 2.24) is 5.32 Å². The summed E-state index contributed by atoms with van der Waals surface area (Å²) in [5.41, 5.74) is 0.557. The molecule has 4 heteroatoms. The number of carbonyl (C=O) groups excluding carboxylic acids is 1. The molecule has 2 nitrogen and oxygen atoms in total. The number of rotatable bonds is 3. The molecular weight excluding hydrogens is 233 g/mol. The van der Waals surface area contributed by atoms with Crippen molar-refractivity contribution in [2.45, 2.75) is 19.4 Å². The van der Waals surface area contributed by atoms with E-state index in [0.717, 1.165) is 5.56 Å². The second-order valence-electron chi connectivity index (χ2n) is 3.81. The Morgan fingerprint density at radius 2 is 1.87 bits per heavy atom. The van der Waals surface area contributed by atoms with Crippen LogP contribution in [0.2, 0.25) is 5.02 Å². The van der Waals surface area contributed by atoms with Crippen molar-refractivity contribution in [2.75, 3.05) is 5.88 Å². The zero-order valence-corrected chi connectivity index (χ0v) is 10.2. The predicted molar refractivity (Wildman–Crippen MR) is 63.3 cm³/mol. The van der Waals surface area contributed by atoms with E-state index in [-0.39, 0.29) is 11.8 Å². The van der Waals surface area contributed by atoms with Crippen molar-refractivity contribution in [1.29, 1.82) is 0 Å². The van der Waals surface area contributed by atoms with Crippen LogP contribution in [-0.2, 0) is 10.3 Å². The molecule has 0 spiro atoms. The molecule has 1 aromatic rings. The first-order chi connectivity index (χ1) is 6.95. The van der Waals surface area contributed by atoms with Crippen molar-refractivity contribution < 1.29 is 4.79 Å². The van der Waals surface area contributed by atoms with Crippen LogP contribution in [0.15, 0.2) is 24.3 Å². The monoisotopic (exact) mass is 245 g/mol. The van der Waals surface area contributed by atoms with Gasteiger partial charge in [0.05, 0.1) is 5.54 Å². The van der Waals surface area contributed by atoms with Gasteiger partial charge in [-0.05, 0) is 31.5 Å². The van der Waals surface area contributed by atoms with Gasteiger partial charge in [-0.2, -0.15) is 0 Å². The maximum Gasteiger partial charge on any atom is 0.235 e. The molecule has 0 aliphatic rings. The summed E-state index contributed by atoms with van der Waals surface area (Å²) in [6, 6.07) is 7.37. The molecule has 0 fully saturated rings. The lowest BCUT2D eigenvalue weighted by Crippen LogP contribution is -2.41. The van der Waals surface area contributed by atoms with E-state index in [2.05, 4.69) is 5.32 Å². The third kappa shape index (κ3) is 3.40. The zero-order chi connectivity index (χ0) is 11.5. The average Bonchev–Trinajstić information content (AvgIpc) is 2.17. The van der Waals surface area contributed by atoms with Gasteiger partial charge in [0.25, 0.3) is 0 Å². The first kappa shape index (κ1) is 12.3. The molecule has 0 bridgehead atoms. The van der Waals surface area contributed by atoms with Crippen LogP contribution < -0.4 is 5.32 Å². The summed E-state index contributed by atoms with van der Waals surface area (Å²) in [7, 11) is 0. The highest BCUT2D eigenvalue weighted by Crippen LogP contribution is 2.21. The lowest BCUT2D eigenvalue weighted by molar-refractivity contribution is -0.120. The molecule has 1 rings (SSSR count). The molecule has 82 valence electrons. The fraction of sp³-hybridized carbons (Fsp3) is 0.364. The highest BCUT2D eigenvalue weighted by Gasteiger charge is 2.21. The minimum absolute atomic E-state index is 0.0307. The number of halogens is 2. The van der Waals surface area contributed by atoms with Crippen LogP contribution in [0.5, 0.6) is 0 Å². The van der Waals surface area contributed by atoms with Crippen molar-refractivity contribution in [3.63, 3.8) is 0 Å². The second-order valence-corrected chi connectivity index (χ2v) is 4.52. The number of hydrogen-bond acceptors (Lipinski definition) is 1. The topological polar surface area (TPSA) is 29.1 Å². The summed E-state index contributed by atoms with van der Waals surface area (Å²) in [5.74, 6) is -0.214. The van der Waals surface area contributed by atoms with Gasteiger partial charge >= 0.3 is 0 Å². The molecule has 0 radical (unpaired) electrons. The molecule has 0 saturated carbocycles. The number of amides is 1. The van der Waals surface area contributed by atoms with Gasteiger partial charge in [0, 0.05) is 5.02 Å². The highest BCUT2D eigenvalue weighted by molar-refractivity contribution is 6.30. The van der Waals surface area contributed by atoms with Gasteiger partial charge in [0.1, 0.15) is 5.88 Å². The number of nitrogens with one attached hydrogen (secondary N) is 1. The van der Waals surface area contributed by atoms with Gasteiger partial charge in [0.15, 0.2) is 0 Å². The molecule has 0 atom stereocenters. The van der Waals surface area contributed by atoms with Crippen molar-refractivity contribution in [3.05, 3.63) is 34.9 Å². The number of benzene rings is 1. The number of alkyl halides is 1. The molecule has 15 heavy (non-hydrogen) atoms. The third-order valence-corrected chi connectivity index (χ3v) is 2.63. The van der Waals surface area contributed by atoms with E-state index in [1.165, 1.54) is 0 Å². The van der Waals surface area contributed by atoms with Crippen molar-refractivity contribution in [3.8, 4) is 0 Å². The van der Waals surface area contributed by atoms with Gasteiger partial charge in [-0.1, -0.05) is 23.7 Å². The highest BCUT2D eigenvalue weighted by atomic mass is 35.5. The molecule has 0 aliphatic heterocycles. The molecule has 0 aromatic heterocycles. The molecule has 0 aliphatic carbocycles. The largest absolute Gasteiger partial charge is 0.346 e. The third-order valence-electron chi connectivity index (χ3n) is 2.14.